The molecule has 0 saturated heterocycles. The summed E-state index contributed by atoms with van der Waals surface area (Å²) in [5, 5.41) is 12.3. The number of hydrogen-bond donors (Lipinski definition) is 1. The Bertz CT molecular complexity index is 468. The first-order valence-electron chi connectivity index (χ1n) is 4.88. The zero-order valence-electron chi connectivity index (χ0n) is 9.07. The molecule has 3 heteroatoms. The van der Waals surface area contributed by atoms with E-state index >= 15 is 0 Å². The molecule has 0 fully saturated rings. The van der Waals surface area contributed by atoms with Gasteiger partial charge in [0.1, 0.15) is 6.10 Å². The van der Waals surface area contributed by atoms with Gasteiger partial charge in [-0.15, -0.1) is 22.7 Å². The Morgan fingerprint density at radius 3 is 2.33 bits per heavy atom. The SMILES string of the molecule is Cc1cc(C(O)c2ccsc2C)c(C)s1. The highest BCUT2D eigenvalue weighted by Gasteiger charge is 2.17. The Labute approximate surface area is 98.0 Å². The number of aryl methyl sites for hydroxylation is 3. The van der Waals surface area contributed by atoms with Crippen LogP contribution < -0.4 is 0 Å². The van der Waals surface area contributed by atoms with Gasteiger partial charge in [0.15, 0.2) is 0 Å². The summed E-state index contributed by atoms with van der Waals surface area (Å²) in [5.41, 5.74) is 2.10. The average Bonchev–Trinajstić information content (AvgIpc) is 2.71. The van der Waals surface area contributed by atoms with Crippen LogP contribution in [-0.4, -0.2) is 5.11 Å². The second kappa shape index (κ2) is 4.08. The lowest BCUT2D eigenvalue weighted by molar-refractivity contribution is 0.220. The number of hydrogen-bond acceptors (Lipinski definition) is 3. The first-order chi connectivity index (χ1) is 7.09. The summed E-state index contributed by atoms with van der Waals surface area (Å²) in [4.78, 5) is 3.67. The third-order valence-corrected chi connectivity index (χ3v) is 4.41. The molecular weight excluding hydrogens is 224 g/mol. The van der Waals surface area contributed by atoms with Gasteiger partial charge < -0.3 is 5.11 Å². The predicted molar refractivity (Wildman–Crippen MR) is 66.9 cm³/mol. The molecule has 0 aliphatic heterocycles. The van der Waals surface area contributed by atoms with Crippen molar-refractivity contribution in [3.05, 3.63) is 43.3 Å². The molecule has 2 heterocycles. The van der Waals surface area contributed by atoms with Crippen LogP contribution in [0, 0.1) is 20.8 Å². The maximum absolute atomic E-state index is 10.3. The van der Waals surface area contributed by atoms with Gasteiger partial charge in [-0.3, -0.25) is 0 Å². The molecule has 1 atom stereocenters. The molecule has 0 aliphatic rings. The third kappa shape index (κ3) is 2.00. The maximum Gasteiger partial charge on any atom is 0.106 e. The van der Waals surface area contributed by atoms with Crippen LogP contribution in [0.4, 0.5) is 0 Å². The van der Waals surface area contributed by atoms with Crippen molar-refractivity contribution in [2.24, 2.45) is 0 Å². The minimum absolute atomic E-state index is 0.457. The summed E-state index contributed by atoms with van der Waals surface area (Å²) in [6, 6.07) is 4.10. The lowest BCUT2D eigenvalue weighted by atomic mass is 10.0. The van der Waals surface area contributed by atoms with Crippen LogP contribution in [0.2, 0.25) is 0 Å². The maximum atomic E-state index is 10.3. The summed E-state index contributed by atoms with van der Waals surface area (Å²) in [6.45, 7) is 6.20. The highest BCUT2D eigenvalue weighted by atomic mass is 32.1. The van der Waals surface area contributed by atoms with E-state index in [9.17, 15) is 5.11 Å². The van der Waals surface area contributed by atoms with Gasteiger partial charge in [0.2, 0.25) is 0 Å². The van der Waals surface area contributed by atoms with E-state index in [2.05, 4.69) is 26.8 Å². The predicted octanol–water partition coefficient (Wildman–Crippen LogP) is 3.82. The first kappa shape index (κ1) is 10.9. The number of thiophene rings is 2. The van der Waals surface area contributed by atoms with E-state index < -0.39 is 6.10 Å². The summed E-state index contributed by atoms with van der Waals surface area (Å²) < 4.78 is 0. The lowest BCUT2D eigenvalue weighted by Gasteiger charge is -2.09. The minimum Gasteiger partial charge on any atom is -0.384 e. The van der Waals surface area contributed by atoms with Gasteiger partial charge in [0, 0.05) is 14.6 Å². The van der Waals surface area contributed by atoms with Gasteiger partial charge in [-0.2, -0.15) is 0 Å². The fourth-order valence-corrected chi connectivity index (χ4v) is 3.46. The summed E-state index contributed by atoms with van der Waals surface area (Å²) in [7, 11) is 0. The van der Waals surface area contributed by atoms with Crippen molar-refractivity contribution in [1.29, 1.82) is 0 Å². The van der Waals surface area contributed by atoms with Crippen molar-refractivity contribution < 1.29 is 5.11 Å². The standard InChI is InChI=1S/C12H14OS2/c1-7-6-11(9(3)15-7)12(13)10-4-5-14-8(10)2/h4-6,12-13H,1-3H3. The molecule has 80 valence electrons. The quantitative estimate of drug-likeness (QED) is 0.843. The van der Waals surface area contributed by atoms with E-state index in [1.54, 1.807) is 22.7 Å². The Kier molecular flexibility index (Phi) is 2.96. The molecule has 2 rings (SSSR count). The smallest absolute Gasteiger partial charge is 0.106 e. The lowest BCUT2D eigenvalue weighted by Crippen LogP contribution is -1.99. The molecule has 0 bridgehead atoms. The molecule has 0 spiro atoms. The number of aliphatic hydroxyl groups excluding tert-OH is 1. The fourth-order valence-electron chi connectivity index (χ4n) is 1.77. The van der Waals surface area contributed by atoms with Gasteiger partial charge >= 0.3 is 0 Å². The zero-order chi connectivity index (χ0) is 11.0. The second-order valence-corrected chi connectivity index (χ2v) is 6.28. The molecule has 0 aliphatic carbocycles. The van der Waals surface area contributed by atoms with E-state index in [4.69, 9.17) is 0 Å². The number of rotatable bonds is 2. The zero-order valence-corrected chi connectivity index (χ0v) is 10.7. The molecule has 0 amide bonds. The Balaban J connectivity index is 2.40. The molecule has 0 aromatic carbocycles. The fraction of sp³-hybridized carbons (Fsp3) is 0.333. The molecule has 0 radical (unpaired) electrons. The monoisotopic (exact) mass is 238 g/mol. The second-order valence-electron chi connectivity index (χ2n) is 3.70. The molecule has 2 aromatic heterocycles. The average molecular weight is 238 g/mol. The largest absolute Gasteiger partial charge is 0.384 e. The van der Waals surface area contributed by atoms with Crippen molar-refractivity contribution in [2.45, 2.75) is 26.9 Å². The third-order valence-electron chi connectivity index (χ3n) is 2.57. The molecule has 1 nitrogen and oxygen atoms in total. The Morgan fingerprint density at radius 2 is 1.87 bits per heavy atom. The van der Waals surface area contributed by atoms with Crippen molar-refractivity contribution in [2.75, 3.05) is 0 Å². The molecule has 15 heavy (non-hydrogen) atoms. The van der Waals surface area contributed by atoms with E-state index in [-0.39, 0.29) is 0 Å². The van der Waals surface area contributed by atoms with Crippen LogP contribution in [-0.2, 0) is 0 Å². The van der Waals surface area contributed by atoms with Crippen molar-refractivity contribution in [3.8, 4) is 0 Å². The summed E-state index contributed by atoms with van der Waals surface area (Å²) >= 11 is 3.43. The van der Waals surface area contributed by atoms with Crippen molar-refractivity contribution >= 4 is 22.7 Å². The van der Waals surface area contributed by atoms with Crippen molar-refractivity contribution in [1.82, 2.24) is 0 Å². The number of aliphatic hydroxyl groups is 1. The molecule has 1 unspecified atom stereocenters. The molecular formula is C12H14OS2. The van der Waals surface area contributed by atoms with Crippen LogP contribution in [0.3, 0.4) is 0 Å². The normalized spacial score (nSPS) is 13.1. The minimum atomic E-state index is -0.457. The molecule has 2 aromatic rings. The topological polar surface area (TPSA) is 20.2 Å². The van der Waals surface area contributed by atoms with Gasteiger partial charge in [-0.1, -0.05) is 0 Å². The summed E-state index contributed by atoms with van der Waals surface area (Å²) in [6.07, 6.45) is -0.457. The van der Waals surface area contributed by atoms with Crippen LogP contribution in [0.25, 0.3) is 0 Å². The first-order valence-corrected chi connectivity index (χ1v) is 6.58. The van der Waals surface area contributed by atoms with Crippen LogP contribution in [0.5, 0.6) is 0 Å². The Morgan fingerprint density at radius 1 is 1.13 bits per heavy atom. The van der Waals surface area contributed by atoms with Gasteiger partial charge in [0.05, 0.1) is 0 Å². The molecule has 0 saturated carbocycles. The van der Waals surface area contributed by atoms with E-state index in [0.29, 0.717) is 0 Å². The van der Waals surface area contributed by atoms with Gasteiger partial charge in [-0.25, -0.2) is 0 Å². The van der Waals surface area contributed by atoms with Gasteiger partial charge in [0.25, 0.3) is 0 Å². The summed E-state index contributed by atoms with van der Waals surface area (Å²) in [5.74, 6) is 0. The highest BCUT2D eigenvalue weighted by molar-refractivity contribution is 7.12. The van der Waals surface area contributed by atoms with Crippen LogP contribution in [0.1, 0.15) is 31.9 Å². The van der Waals surface area contributed by atoms with Crippen LogP contribution in [0.15, 0.2) is 17.5 Å². The van der Waals surface area contributed by atoms with E-state index in [1.165, 1.54) is 14.6 Å². The van der Waals surface area contributed by atoms with Gasteiger partial charge in [-0.05, 0) is 49.4 Å². The van der Waals surface area contributed by atoms with Crippen LogP contribution >= 0.6 is 22.7 Å². The van der Waals surface area contributed by atoms with Crippen molar-refractivity contribution in [3.63, 3.8) is 0 Å². The molecule has 1 N–H and O–H groups in total. The highest BCUT2D eigenvalue weighted by Crippen LogP contribution is 2.33. The Hall–Kier alpha value is -0.640. The van der Waals surface area contributed by atoms with E-state index in [1.807, 2.05) is 11.4 Å². The van der Waals surface area contributed by atoms with E-state index in [0.717, 1.165) is 11.1 Å².